The summed E-state index contributed by atoms with van der Waals surface area (Å²) in [5.41, 5.74) is -0.146. The minimum atomic E-state index is -0.146. The van der Waals surface area contributed by atoms with Crippen molar-refractivity contribution in [1.82, 2.24) is 14.8 Å². The molecule has 0 spiro atoms. The van der Waals surface area contributed by atoms with Gasteiger partial charge in [0.15, 0.2) is 6.29 Å². The largest absolute Gasteiger partial charge is 0.353 e. The Hall–Kier alpha value is -1.14. The first-order valence-corrected chi connectivity index (χ1v) is 4.65. The molecule has 3 heterocycles. The average Bonchev–Trinajstić information content (AvgIpc) is 2.71. The van der Waals surface area contributed by atoms with Crippen molar-refractivity contribution in [2.45, 2.75) is 31.3 Å². The van der Waals surface area contributed by atoms with Crippen LogP contribution in [0.2, 0.25) is 0 Å². The van der Waals surface area contributed by atoms with Crippen LogP contribution in [0.1, 0.15) is 18.3 Å². The number of nitrogens with one attached hydrogen (secondary N) is 1. The molecule has 0 saturated carbocycles. The normalized spacial score (nSPS) is 34.5. The third-order valence-corrected chi connectivity index (χ3v) is 2.87. The van der Waals surface area contributed by atoms with Crippen LogP contribution in [0.25, 0.3) is 0 Å². The van der Waals surface area contributed by atoms with Gasteiger partial charge in [-0.15, -0.1) is 0 Å². The molecule has 1 saturated heterocycles. The first kappa shape index (κ1) is 8.19. The van der Waals surface area contributed by atoms with E-state index >= 15 is 0 Å². The van der Waals surface area contributed by atoms with E-state index in [0.29, 0.717) is 0 Å². The minimum absolute atomic E-state index is 0.0246. The summed E-state index contributed by atoms with van der Waals surface area (Å²) in [5, 5.41) is 6.38. The molecule has 0 aromatic carbocycles. The van der Waals surface area contributed by atoms with Crippen molar-refractivity contribution in [1.29, 1.82) is 0 Å². The van der Waals surface area contributed by atoms with Crippen LogP contribution in [0.3, 0.4) is 0 Å². The Bertz CT molecular complexity index is 410. The third-order valence-electron chi connectivity index (χ3n) is 2.87. The van der Waals surface area contributed by atoms with Gasteiger partial charge >= 0.3 is 5.69 Å². The Morgan fingerprint density at radius 1 is 1.71 bits per heavy atom. The van der Waals surface area contributed by atoms with Crippen LogP contribution >= 0.6 is 0 Å². The van der Waals surface area contributed by atoms with E-state index in [1.165, 1.54) is 0 Å². The van der Waals surface area contributed by atoms with Gasteiger partial charge in [-0.1, -0.05) is 0 Å². The molecule has 0 radical (unpaired) electrons. The number of hydrogen-bond donors (Lipinski definition) is 1. The summed E-state index contributed by atoms with van der Waals surface area (Å²) in [5.74, 6) is 0.824. The molecule has 76 valence electrons. The number of aryl methyl sites for hydroxylation is 1. The smallest absolute Gasteiger partial charge is 0.343 e. The summed E-state index contributed by atoms with van der Waals surface area (Å²) in [6.07, 6.45) is 1.63. The number of hydrogen-bond acceptors (Lipinski definition) is 4. The van der Waals surface area contributed by atoms with Crippen molar-refractivity contribution in [3.63, 3.8) is 0 Å². The summed E-state index contributed by atoms with van der Waals surface area (Å²) in [4.78, 5) is 11.4. The van der Waals surface area contributed by atoms with Gasteiger partial charge in [0, 0.05) is 13.5 Å². The van der Waals surface area contributed by atoms with Crippen LogP contribution in [-0.4, -0.2) is 34.3 Å². The lowest BCUT2D eigenvalue weighted by Gasteiger charge is -2.06. The van der Waals surface area contributed by atoms with E-state index in [1.807, 2.05) is 0 Å². The van der Waals surface area contributed by atoms with E-state index < -0.39 is 0 Å². The molecular weight excluding hydrogens is 186 g/mol. The second-order valence-electron chi connectivity index (χ2n) is 3.63. The third kappa shape index (κ3) is 0.978. The highest BCUT2D eigenvalue weighted by Gasteiger charge is 2.49. The molecular formula is C8H11N3O3. The van der Waals surface area contributed by atoms with Gasteiger partial charge in [0.2, 0.25) is 0 Å². The van der Waals surface area contributed by atoms with Crippen molar-refractivity contribution in [3.8, 4) is 0 Å². The molecule has 0 amide bonds. The van der Waals surface area contributed by atoms with Gasteiger partial charge in [0.1, 0.15) is 11.9 Å². The second-order valence-corrected chi connectivity index (χ2v) is 3.63. The Morgan fingerprint density at radius 3 is 3.29 bits per heavy atom. The molecule has 6 heteroatoms. The van der Waals surface area contributed by atoms with E-state index in [0.717, 1.165) is 18.7 Å². The first-order valence-electron chi connectivity index (χ1n) is 4.65. The van der Waals surface area contributed by atoms with Crippen molar-refractivity contribution in [2.75, 3.05) is 7.11 Å². The monoisotopic (exact) mass is 197 g/mol. The zero-order chi connectivity index (χ0) is 9.71. The molecule has 0 aliphatic carbocycles. The zero-order valence-corrected chi connectivity index (χ0v) is 7.77. The summed E-state index contributed by atoms with van der Waals surface area (Å²) in [6, 6.07) is 0.0983. The zero-order valence-electron chi connectivity index (χ0n) is 7.77. The molecule has 1 aromatic heterocycles. The molecule has 2 aliphatic rings. The molecule has 14 heavy (non-hydrogen) atoms. The van der Waals surface area contributed by atoms with Gasteiger partial charge in [-0.05, 0) is 6.42 Å². The fraction of sp³-hybridized carbons (Fsp3) is 0.750. The van der Waals surface area contributed by atoms with Crippen LogP contribution in [0.4, 0.5) is 0 Å². The van der Waals surface area contributed by atoms with Crippen molar-refractivity contribution in [2.24, 2.45) is 0 Å². The fourth-order valence-corrected chi connectivity index (χ4v) is 2.14. The van der Waals surface area contributed by atoms with E-state index in [1.54, 1.807) is 11.7 Å². The van der Waals surface area contributed by atoms with Crippen LogP contribution in [-0.2, 0) is 15.9 Å². The standard InChI is InChI=1S/C8H11N3O3/c1-13-7-6(14-7)4-2-3-5-9-10-8(12)11(4)5/h4,6-7H,2-3H2,1H3,(H,10,12). The highest BCUT2D eigenvalue weighted by atomic mass is 16.8. The Morgan fingerprint density at radius 2 is 2.57 bits per heavy atom. The van der Waals surface area contributed by atoms with Crippen molar-refractivity contribution in [3.05, 3.63) is 16.3 Å². The Kier molecular flexibility index (Phi) is 1.57. The van der Waals surface area contributed by atoms with E-state index in [2.05, 4.69) is 10.2 Å². The maximum absolute atomic E-state index is 11.4. The number of nitrogens with zero attached hydrogens (tertiary/aromatic N) is 2. The van der Waals surface area contributed by atoms with Gasteiger partial charge < -0.3 is 9.47 Å². The number of H-pyrrole nitrogens is 1. The van der Waals surface area contributed by atoms with E-state index in [9.17, 15) is 4.79 Å². The highest BCUT2D eigenvalue weighted by Crippen LogP contribution is 2.38. The minimum Gasteiger partial charge on any atom is -0.353 e. The van der Waals surface area contributed by atoms with Crippen molar-refractivity contribution < 1.29 is 9.47 Å². The topological polar surface area (TPSA) is 72.4 Å². The molecule has 3 atom stereocenters. The van der Waals surface area contributed by atoms with E-state index in [4.69, 9.17) is 9.47 Å². The Balaban J connectivity index is 1.91. The molecule has 3 unspecified atom stereocenters. The number of ether oxygens (including phenoxy) is 2. The van der Waals surface area contributed by atoms with E-state index in [-0.39, 0.29) is 24.1 Å². The number of methoxy groups -OCH3 is 1. The molecule has 1 aromatic rings. The summed E-state index contributed by atoms with van der Waals surface area (Å²) in [6.45, 7) is 0. The van der Waals surface area contributed by atoms with Gasteiger partial charge in [-0.25, -0.2) is 9.89 Å². The number of fused-ring (bicyclic) bond motifs is 1. The molecule has 2 aliphatic heterocycles. The maximum atomic E-state index is 11.4. The number of aromatic nitrogens is 3. The van der Waals surface area contributed by atoms with Crippen LogP contribution in [0.5, 0.6) is 0 Å². The lowest BCUT2D eigenvalue weighted by atomic mass is 10.1. The van der Waals surface area contributed by atoms with Gasteiger partial charge in [0.05, 0.1) is 6.04 Å². The average molecular weight is 197 g/mol. The molecule has 0 bridgehead atoms. The lowest BCUT2D eigenvalue weighted by Crippen LogP contribution is -2.24. The Labute approximate surface area is 79.8 Å². The van der Waals surface area contributed by atoms with Crippen LogP contribution in [0.15, 0.2) is 4.79 Å². The lowest BCUT2D eigenvalue weighted by molar-refractivity contribution is 0.0950. The fourth-order valence-electron chi connectivity index (χ4n) is 2.14. The van der Waals surface area contributed by atoms with Crippen molar-refractivity contribution >= 4 is 0 Å². The predicted molar refractivity (Wildman–Crippen MR) is 45.9 cm³/mol. The SMILES string of the molecule is COC1OC1C1CCc2n[nH]c(=O)n21. The maximum Gasteiger partial charge on any atom is 0.343 e. The molecule has 1 fully saturated rings. The molecule has 3 rings (SSSR count). The van der Waals surface area contributed by atoms with Gasteiger partial charge in [0.25, 0.3) is 0 Å². The summed E-state index contributed by atoms with van der Waals surface area (Å²) >= 11 is 0. The molecule has 1 N–H and O–H groups in total. The number of epoxide rings is 1. The number of aromatic amines is 1. The second kappa shape index (κ2) is 2.68. The molecule has 6 nitrogen and oxygen atoms in total. The van der Waals surface area contributed by atoms with Gasteiger partial charge in [-0.3, -0.25) is 4.57 Å². The highest BCUT2D eigenvalue weighted by molar-refractivity contribution is 5.03. The quantitative estimate of drug-likeness (QED) is 0.644. The van der Waals surface area contributed by atoms with Crippen LogP contribution in [0, 0.1) is 0 Å². The summed E-state index contributed by atoms with van der Waals surface area (Å²) < 4.78 is 12.0. The predicted octanol–water partition coefficient (Wildman–Crippen LogP) is -0.570. The number of rotatable bonds is 2. The first-order chi connectivity index (χ1) is 6.81. The van der Waals surface area contributed by atoms with Crippen LogP contribution < -0.4 is 5.69 Å². The summed E-state index contributed by atoms with van der Waals surface area (Å²) in [7, 11) is 1.61. The van der Waals surface area contributed by atoms with Gasteiger partial charge in [-0.2, -0.15) is 5.10 Å².